The van der Waals surface area contributed by atoms with Crippen LogP contribution in [0.4, 0.5) is 0 Å². The predicted octanol–water partition coefficient (Wildman–Crippen LogP) is 6.28. The number of thiophene rings is 1. The maximum absolute atomic E-state index is 4.15. The minimum Gasteiger partial charge on any atom is -0.144 e. The molecular formula is C21H22S. The summed E-state index contributed by atoms with van der Waals surface area (Å²) in [7, 11) is 0. The summed E-state index contributed by atoms with van der Waals surface area (Å²) in [5.74, 6) is 0. The first-order valence-electron chi connectivity index (χ1n) is 7.92. The molecule has 3 rings (SSSR count). The van der Waals surface area contributed by atoms with Gasteiger partial charge in [-0.2, -0.15) is 0 Å². The average molecular weight is 306 g/mol. The van der Waals surface area contributed by atoms with Gasteiger partial charge in [0.15, 0.2) is 0 Å². The van der Waals surface area contributed by atoms with Crippen molar-refractivity contribution in [2.75, 3.05) is 0 Å². The molecule has 0 saturated heterocycles. The number of allylic oxidation sites excluding steroid dienone is 1. The molecule has 0 atom stereocenters. The van der Waals surface area contributed by atoms with E-state index >= 15 is 0 Å². The van der Waals surface area contributed by atoms with Crippen LogP contribution in [0.25, 0.3) is 15.7 Å². The van der Waals surface area contributed by atoms with E-state index in [4.69, 9.17) is 0 Å². The number of hydrogen-bond donors (Lipinski definition) is 0. The summed E-state index contributed by atoms with van der Waals surface area (Å²) in [6, 6.07) is 15.7. The van der Waals surface area contributed by atoms with Crippen molar-refractivity contribution >= 4 is 27.0 Å². The van der Waals surface area contributed by atoms with E-state index in [-0.39, 0.29) is 0 Å². The van der Waals surface area contributed by atoms with Crippen LogP contribution in [0, 0.1) is 0 Å². The van der Waals surface area contributed by atoms with Gasteiger partial charge in [-0.25, -0.2) is 0 Å². The molecule has 1 aromatic heterocycles. The van der Waals surface area contributed by atoms with E-state index in [1.54, 1.807) is 0 Å². The van der Waals surface area contributed by atoms with Gasteiger partial charge in [0, 0.05) is 4.70 Å². The molecule has 0 unspecified atom stereocenters. The second-order valence-electron chi connectivity index (χ2n) is 5.87. The summed E-state index contributed by atoms with van der Waals surface area (Å²) in [5, 5.41) is 3.53. The summed E-state index contributed by atoms with van der Waals surface area (Å²) in [5.41, 5.74) is 6.85. The molecule has 0 spiro atoms. The molecule has 0 saturated carbocycles. The van der Waals surface area contributed by atoms with Crippen LogP contribution in [0.1, 0.15) is 36.1 Å². The van der Waals surface area contributed by atoms with Gasteiger partial charge in [-0.05, 0) is 71.3 Å². The van der Waals surface area contributed by atoms with E-state index in [9.17, 15) is 0 Å². The van der Waals surface area contributed by atoms with Gasteiger partial charge in [-0.15, -0.1) is 11.3 Å². The van der Waals surface area contributed by atoms with E-state index in [0.29, 0.717) is 0 Å². The number of hydrogen-bond acceptors (Lipinski definition) is 1. The van der Waals surface area contributed by atoms with Gasteiger partial charge in [0.2, 0.25) is 0 Å². The monoisotopic (exact) mass is 306 g/mol. The van der Waals surface area contributed by atoms with Gasteiger partial charge in [0.1, 0.15) is 0 Å². The Kier molecular flexibility index (Phi) is 4.44. The van der Waals surface area contributed by atoms with Crippen molar-refractivity contribution in [2.45, 2.75) is 33.1 Å². The maximum atomic E-state index is 4.15. The van der Waals surface area contributed by atoms with Gasteiger partial charge in [0.05, 0.1) is 0 Å². The second kappa shape index (κ2) is 6.50. The number of rotatable bonds is 5. The fraction of sp³-hybridized carbons (Fsp3) is 0.238. The fourth-order valence-corrected chi connectivity index (χ4v) is 3.87. The van der Waals surface area contributed by atoms with Crippen molar-refractivity contribution in [3.63, 3.8) is 0 Å². The van der Waals surface area contributed by atoms with Crippen LogP contribution in [0.5, 0.6) is 0 Å². The molecule has 1 heterocycles. The van der Waals surface area contributed by atoms with E-state index in [1.807, 2.05) is 11.3 Å². The molecular weight excluding hydrogens is 284 g/mol. The molecule has 0 N–H and O–H groups in total. The quantitative estimate of drug-likeness (QED) is 0.520. The van der Waals surface area contributed by atoms with E-state index in [1.165, 1.54) is 37.9 Å². The van der Waals surface area contributed by atoms with Crippen molar-refractivity contribution in [3.05, 3.63) is 76.7 Å². The maximum Gasteiger partial charge on any atom is 0.0342 e. The van der Waals surface area contributed by atoms with Crippen molar-refractivity contribution < 1.29 is 0 Å². The number of fused-ring (bicyclic) bond motifs is 1. The molecule has 22 heavy (non-hydrogen) atoms. The van der Waals surface area contributed by atoms with E-state index in [0.717, 1.165) is 19.3 Å². The third-order valence-corrected chi connectivity index (χ3v) is 5.19. The average Bonchev–Trinajstić information content (AvgIpc) is 2.99. The lowest BCUT2D eigenvalue weighted by Gasteiger charge is -2.14. The summed E-state index contributed by atoms with van der Waals surface area (Å²) in [4.78, 5) is 0. The Hall–Kier alpha value is -1.86. The molecule has 0 aliphatic heterocycles. The number of aryl methyl sites for hydroxylation is 2. The first-order chi connectivity index (χ1) is 10.7. The van der Waals surface area contributed by atoms with Crippen LogP contribution >= 0.6 is 11.3 Å². The molecule has 3 aromatic rings. The summed E-state index contributed by atoms with van der Waals surface area (Å²) >= 11 is 1.81. The Morgan fingerprint density at radius 3 is 2.73 bits per heavy atom. The van der Waals surface area contributed by atoms with E-state index < -0.39 is 0 Å². The minimum atomic E-state index is 1.08. The van der Waals surface area contributed by atoms with Crippen molar-refractivity contribution in [1.29, 1.82) is 0 Å². The highest BCUT2D eigenvalue weighted by atomic mass is 32.1. The zero-order valence-corrected chi connectivity index (χ0v) is 14.2. The van der Waals surface area contributed by atoms with Crippen molar-refractivity contribution in [3.8, 4) is 0 Å². The topological polar surface area (TPSA) is 0 Å². The lowest BCUT2D eigenvalue weighted by Crippen LogP contribution is -2.01. The Morgan fingerprint density at radius 1 is 1.09 bits per heavy atom. The second-order valence-corrected chi connectivity index (χ2v) is 6.82. The Bertz CT molecular complexity index is 808. The van der Waals surface area contributed by atoms with Gasteiger partial charge >= 0.3 is 0 Å². The smallest absolute Gasteiger partial charge is 0.0342 e. The van der Waals surface area contributed by atoms with E-state index in [2.05, 4.69) is 68.3 Å². The molecule has 0 nitrogen and oxygen atoms in total. The Morgan fingerprint density at radius 2 is 1.95 bits per heavy atom. The van der Waals surface area contributed by atoms with Crippen molar-refractivity contribution in [1.82, 2.24) is 0 Å². The predicted molar refractivity (Wildman–Crippen MR) is 99.8 cm³/mol. The van der Waals surface area contributed by atoms with Crippen LogP contribution in [0.2, 0.25) is 0 Å². The molecule has 0 fully saturated rings. The Labute approximate surface area is 137 Å². The molecule has 0 bridgehead atoms. The molecule has 0 radical (unpaired) electrons. The first kappa shape index (κ1) is 15.1. The molecule has 2 aromatic carbocycles. The van der Waals surface area contributed by atoms with Gasteiger partial charge < -0.3 is 0 Å². The third-order valence-electron chi connectivity index (χ3n) is 4.29. The fourth-order valence-electron chi connectivity index (χ4n) is 3.10. The van der Waals surface area contributed by atoms with Crippen LogP contribution in [0.3, 0.4) is 0 Å². The summed E-state index contributed by atoms with van der Waals surface area (Å²) in [6.07, 6.45) is 3.25. The zero-order valence-electron chi connectivity index (χ0n) is 13.4. The first-order valence-corrected chi connectivity index (χ1v) is 8.79. The highest BCUT2D eigenvalue weighted by Crippen LogP contribution is 2.25. The summed E-state index contributed by atoms with van der Waals surface area (Å²) < 4.78 is 1.38. The molecule has 1 heteroatoms. The van der Waals surface area contributed by atoms with Crippen molar-refractivity contribution in [2.24, 2.45) is 0 Å². The largest absolute Gasteiger partial charge is 0.144 e. The lowest BCUT2D eigenvalue weighted by atomic mass is 9.91. The molecule has 0 aliphatic rings. The minimum absolute atomic E-state index is 1.08. The van der Waals surface area contributed by atoms with Gasteiger partial charge in [0.25, 0.3) is 0 Å². The highest BCUT2D eigenvalue weighted by Gasteiger charge is 2.08. The highest BCUT2D eigenvalue weighted by molar-refractivity contribution is 7.17. The van der Waals surface area contributed by atoms with Crippen LogP contribution in [-0.2, 0) is 19.3 Å². The van der Waals surface area contributed by atoms with Crippen LogP contribution in [0.15, 0.2) is 54.4 Å². The normalized spacial score (nSPS) is 11.0. The standard InChI is InChI=1S/C21H22S/c1-4-17-6-5-7-19(15(2)3)20(17)10-8-16-9-11-21-18(14-16)12-13-22-21/h5-7,9,11-14H,2,4,8,10H2,1,3H3. The SMILES string of the molecule is C=C(C)c1cccc(CC)c1CCc1ccc2sccc2c1. The Balaban J connectivity index is 1.87. The molecule has 112 valence electrons. The molecule has 0 aliphatic carbocycles. The van der Waals surface area contributed by atoms with Crippen LogP contribution in [-0.4, -0.2) is 0 Å². The van der Waals surface area contributed by atoms with Gasteiger partial charge in [-0.3, -0.25) is 0 Å². The zero-order chi connectivity index (χ0) is 15.5. The lowest BCUT2D eigenvalue weighted by molar-refractivity contribution is 0.928. The number of benzene rings is 2. The van der Waals surface area contributed by atoms with Crippen LogP contribution < -0.4 is 0 Å². The summed E-state index contributed by atoms with van der Waals surface area (Å²) in [6.45, 7) is 8.49. The van der Waals surface area contributed by atoms with Gasteiger partial charge in [-0.1, -0.05) is 49.4 Å². The third kappa shape index (κ3) is 3.00. The molecule has 0 amide bonds.